The van der Waals surface area contributed by atoms with Gasteiger partial charge in [0.2, 0.25) is 0 Å². The number of rotatable bonds is 2. The second kappa shape index (κ2) is 5.47. The summed E-state index contributed by atoms with van der Waals surface area (Å²) in [6.07, 6.45) is -3.99. The van der Waals surface area contributed by atoms with Gasteiger partial charge in [-0.05, 0) is 25.9 Å². The van der Waals surface area contributed by atoms with E-state index >= 15 is 0 Å². The van der Waals surface area contributed by atoms with Crippen LogP contribution >= 0.6 is 0 Å². The number of alkyl halides is 3. The van der Waals surface area contributed by atoms with Crippen molar-refractivity contribution >= 4 is 11.9 Å². The van der Waals surface area contributed by atoms with Gasteiger partial charge in [0.05, 0.1) is 0 Å². The lowest BCUT2D eigenvalue weighted by molar-refractivity contribution is -0.153. The van der Waals surface area contributed by atoms with E-state index in [9.17, 15) is 27.9 Å². The molecule has 0 bridgehead atoms. The van der Waals surface area contributed by atoms with Crippen LogP contribution < -0.4 is 0 Å². The molecular formula is C14H17F3N4O3. The van der Waals surface area contributed by atoms with Gasteiger partial charge in [-0.3, -0.25) is 14.7 Å². The van der Waals surface area contributed by atoms with E-state index in [1.807, 2.05) is 11.9 Å². The molecule has 0 saturated carbocycles. The van der Waals surface area contributed by atoms with Crippen molar-refractivity contribution in [3.05, 3.63) is 17.5 Å². The van der Waals surface area contributed by atoms with Gasteiger partial charge in [-0.25, -0.2) is 0 Å². The number of amides is 1. The predicted molar refractivity (Wildman–Crippen MR) is 75.2 cm³/mol. The molecule has 132 valence electrons. The number of hydrogen-bond donors (Lipinski definition) is 2. The van der Waals surface area contributed by atoms with Crippen LogP contribution in [-0.2, 0) is 11.0 Å². The van der Waals surface area contributed by atoms with Crippen molar-refractivity contribution in [2.75, 3.05) is 33.2 Å². The molecule has 2 aliphatic rings. The summed E-state index contributed by atoms with van der Waals surface area (Å²) in [5, 5.41) is 14.9. The molecule has 2 atom stereocenters. The molecule has 0 spiro atoms. The highest BCUT2D eigenvalue weighted by molar-refractivity contribution is 5.93. The first-order valence-corrected chi connectivity index (χ1v) is 7.47. The van der Waals surface area contributed by atoms with Gasteiger partial charge in [-0.2, -0.15) is 18.3 Å². The van der Waals surface area contributed by atoms with Crippen molar-refractivity contribution < 1.29 is 27.9 Å². The summed E-state index contributed by atoms with van der Waals surface area (Å²) >= 11 is 0. The third-order valence-corrected chi connectivity index (χ3v) is 4.92. The predicted octanol–water partition coefficient (Wildman–Crippen LogP) is 0.907. The lowest BCUT2D eigenvalue weighted by Crippen LogP contribution is -2.52. The molecule has 1 aromatic heterocycles. The van der Waals surface area contributed by atoms with Crippen LogP contribution in [0.1, 0.15) is 22.6 Å². The summed E-state index contributed by atoms with van der Waals surface area (Å²) in [6.45, 7) is 1.23. The standard InChI is InChI=1S/C14H17F3N4O3/c1-20-3-2-8-5-21(7-13(8,6-20)12(23)24)11(22)9-4-10(19-18-9)14(15,16)17/h4,8H,2-3,5-7H2,1H3,(H,18,19)(H,23,24)/t8-,13-/m1/s1. The zero-order valence-electron chi connectivity index (χ0n) is 12.9. The number of piperidine rings is 1. The fraction of sp³-hybridized carbons (Fsp3) is 0.643. The summed E-state index contributed by atoms with van der Waals surface area (Å²) in [5.41, 5.74) is -2.53. The van der Waals surface area contributed by atoms with E-state index < -0.39 is 29.2 Å². The zero-order chi connectivity index (χ0) is 17.7. The Balaban J connectivity index is 1.82. The molecule has 2 saturated heterocycles. The first-order valence-electron chi connectivity index (χ1n) is 7.47. The molecule has 2 fully saturated rings. The number of aliphatic carboxylic acids is 1. The van der Waals surface area contributed by atoms with Gasteiger partial charge >= 0.3 is 12.1 Å². The number of carbonyl (C=O) groups excluding carboxylic acids is 1. The number of fused-ring (bicyclic) bond motifs is 1. The highest BCUT2D eigenvalue weighted by Crippen LogP contribution is 2.42. The van der Waals surface area contributed by atoms with Gasteiger partial charge in [-0.15, -0.1) is 0 Å². The smallest absolute Gasteiger partial charge is 0.432 e. The van der Waals surface area contributed by atoms with Gasteiger partial charge in [0.15, 0.2) is 5.69 Å². The van der Waals surface area contributed by atoms with Crippen LogP contribution in [0.3, 0.4) is 0 Å². The number of halogens is 3. The number of aromatic amines is 1. The second-order valence-corrected chi connectivity index (χ2v) is 6.53. The van der Waals surface area contributed by atoms with E-state index in [0.717, 1.165) is 6.54 Å². The van der Waals surface area contributed by atoms with Gasteiger partial charge < -0.3 is 14.9 Å². The Labute approximate surface area is 135 Å². The summed E-state index contributed by atoms with van der Waals surface area (Å²) < 4.78 is 37.8. The molecule has 2 N–H and O–H groups in total. The maximum Gasteiger partial charge on any atom is 0.432 e. The minimum atomic E-state index is -4.62. The number of hydrogen-bond acceptors (Lipinski definition) is 4. The van der Waals surface area contributed by atoms with E-state index in [4.69, 9.17) is 0 Å². The molecule has 7 nitrogen and oxygen atoms in total. The molecule has 0 radical (unpaired) electrons. The van der Waals surface area contributed by atoms with Crippen molar-refractivity contribution in [2.45, 2.75) is 12.6 Å². The second-order valence-electron chi connectivity index (χ2n) is 6.53. The maximum absolute atomic E-state index is 12.6. The summed E-state index contributed by atoms with van der Waals surface area (Å²) in [5.74, 6) is -1.87. The monoisotopic (exact) mass is 346 g/mol. The van der Waals surface area contributed by atoms with Crippen molar-refractivity contribution in [1.82, 2.24) is 20.0 Å². The summed E-state index contributed by atoms with van der Waals surface area (Å²) in [4.78, 5) is 27.5. The molecule has 0 aliphatic carbocycles. The molecule has 1 aromatic rings. The Bertz CT molecular complexity index is 674. The number of carbonyl (C=O) groups is 2. The van der Waals surface area contributed by atoms with Crippen LogP contribution in [0, 0.1) is 11.3 Å². The summed E-state index contributed by atoms with van der Waals surface area (Å²) in [6, 6.07) is 0.657. The van der Waals surface area contributed by atoms with Crippen LogP contribution in [0.4, 0.5) is 13.2 Å². The number of H-pyrrole nitrogens is 1. The largest absolute Gasteiger partial charge is 0.481 e. The zero-order valence-corrected chi connectivity index (χ0v) is 12.9. The Kier molecular flexibility index (Phi) is 3.82. The van der Waals surface area contributed by atoms with E-state index in [1.165, 1.54) is 4.90 Å². The van der Waals surface area contributed by atoms with Crippen LogP contribution in [0.2, 0.25) is 0 Å². The van der Waals surface area contributed by atoms with E-state index in [-0.39, 0.29) is 24.7 Å². The highest BCUT2D eigenvalue weighted by atomic mass is 19.4. The van der Waals surface area contributed by atoms with Crippen molar-refractivity contribution in [1.29, 1.82) is 0 Å². The Hall–Kier alpha value is -2.10. The topological polar surface area (TPSA) is 89.5 Å². The lowest BCUT2D eigenvalue weighted by atomic mass is 9.73. The number of nitrogens with one attached hydrogen (secondary N) is 1. The quantitative estimate of drug-likeness (QED) is 0.831. The number of carboxylic acids is 1. The fourth-order valence-electron chi connectivity index (χ4n) is 3.66. The minimum Gasteiger partial charge on any atom is -0.481 e. The molecule has 10 heteroatoms. The van der Waals surface area contributed by atoms with Crippen molar-refractivity contribution in [3.63, 3.8) is 0 Å². The highest BCUT2D eigenvalue weighted by Gasteiger charge is 2.55. The molecule has 0 unspecified atom stereocenters. The number of aromatic nitrogens is 2. The van der Waals surface area contributed by atoms with Crippen LogP contribution in [0.15, 0.2) is 6.07 Å². The third kappa shape index (κ3) is 2.64. The molecule has 3 heterocycles. The van der Waals surface area contributed by atoms with Crippen LogP contribution in [0.5, 0.6) is 0 Å². The van der Waals surface area contributed by atoms with Gasteiger partial charge in [0.25, 0.3) is 5.91 Å². The lowest BCUT2D eigenvalue weighted by Gasteiger charge is -2.39. The van der Waals surface area contributed by atoms with Gasteiger partial charge in [-0.1, -0.05) is 0 Å². The van der Waals surface area contributed by atoms with Crippen molar-refractivity contribution in [2.24, 2.45) is 11.3 Å². The minimum absolute atomic E-state index is 0.0234. The average molecular weight is 346 g/mol. The molecule has 2 aliphatic heterocycles. The average Bonchev–Trinajstić information content (AvgIpc) is 3.10. The molecular weight excluding hydrogens is 329 g/mol. The Morgan fingerprint density at radius 1 is 1.42 bits per heavy atom. The molecule has 1 amide bonds. The Morgan fingerprint density at radius 2 is 2.12 bits per heavy atom. The SMILES string of the molecule is CN1CC[C@@H]2CN(C(=O)c3cc(C(F)(F)F)[nH]n3)C[C@]2(C(=O)O)C1. The Morgan fingerprint density at radius 3 is 2.71 bits per heavy atom. The van der Waals surface area contributed by atoms with Gasteiger partial charge in [0, 0.05) is 25.7 Å². The first kappa shape index (κ1) is 16.7. The number of carboxylic acid groups (broad SMARTS) is 1. The van der Waals surface area contributed by atoms with E-state index in [0.29, 0.717) is 19.0 Å². The van der Waals surface area contributed by atoms with Crippen LogP contribution in [-0.4, -0.2) is 70.2 Å². The van der Waals surface area contributed by atoms with Crippen LogP contribution in [0.25, 0.3) is 0 Å². The van der Waals surface area contributed by atoms with Gasteiger partial charge in [0.1, 0.15) is 11.1 Å². The third-order valence-electron chi connectivity index (χ3n) is 4.92. The summed E-state index contributed by atoms with van der Waals surface area (Å²) in [7, 11) is 1.81. The number of nitrogens with zero attached hydrogens (tertiary/aromatic N) is 3. The maximum atomic E-state index is 12.6. The first-order chi connectivity index (χ1) is 11.1. The normalized spacial score (nSPS) is 28.0. The molecule has 0 aromatic carbocycles. The molecule has 3 rings (SSSR count). The fourth-order valence-corrected chi connectivity index (χ4v) is 3.66. The number of likely N-dealkylation sites (tertiary alicyclic amines) is 2. The van der Waals surface area contributed by atoms with Crippen molar-refractivity contribution in [3.8, 4) is 0 Å². The van der Waals surface area contributed by atoms with E-state index in [2.05, 4.69) is 5.10 Å². The molecule has 24 heavy (non-hydrogen) atoms. The van der Waals surface area contributed by atoms with E-state index in [1.54, 1.807) is 5.10 Å².